The predicted octanol–water partition coefficient (Wildman–Crippen LogP) is 3.75. The average Bonchev–Trinajstić information content (AvgIpc) is 2.98. The SMILES string of the molecule is CC(C)(C)c1ccc(C(O)CN2CC3CCCC3C2)cc1. The Balaban J connectivity index is 1.59. The Morgan fingerprint density at radius 1 is 1.10 bits per heavy atom. The van der Waals surface area contributed by atoms with E-state index in [1.165, 1.54) is 37.9 Å². The highest BCUT2D eigenvalue weighted by atomic mass is 16.3. The van der Waals surface area contributed by atoms with Gasteiger partial charge in [0.15, 0.2) is 0 Å². The van der Waals surface area contributed by atoms with E-state index in [0.29, 0.717) is 0 Å². The Kier molecular flexibility index (Phi) is 4.11. The van der Waals surface area contributed by atoms with E-state index in [-0.39, 0.29) is 11.5 Å². The first-order valence-corrected chi connectivity index (χ1v) is 8.44. The Bertz CT molecular complexity index is 461. The summed E-state index contributed by atoms with van der Waals surface area (Å²) in [6.07, 6.45) is 3.87. The second kappa shape index (κ2) is 5.73. The van der Waals surface area contributed by atoms with Gasteiger partial charge < -0.3 is 5.11 Å². The van der Waals surface area contributed by atoms with Crippen LogP contribution in [0.5, 0.6) is 0 Å². The van der Waals surface area contributed by atoms with E-state index in [0.717, 1.165) is 23.9 Å². The molecule has 3 unspecified atom stereocenters. The maximum Gasteiger partial charge on any atom is 0.0916 e. The fraction of sp³-hybridized carbons (Fsp3) is 0.684. The smallest absolute Gasteiger partial charge is 0.0916 e. The van der Waals surface area contributed by atoms with E-state index in [1.54, 1.807) is 0 Å². The number of benzene rings is 1. The summed E-state index contributed by atoms with van der Waals surface area (Å²) in [5.74, 6) is 1.81. The summed E-state index contributed by atoms with van der Waals surface area (Å²) < 4.78 is 0. The van der Waals surface area contributed by atoms with Crippen molar-refractivity contribution in [1.82, 2.24) is 4.90 Å². The molecule has 1 aromatic rings. The number of hydrogen-bond acceptors (Lipinski definition) is 2. The van der Waals surface area contributed by atoms with Crippen molar-refractivity contribution in [1.29, 1.82) is 0 Å². The normalized spacial score (nSPS) is 27.8. The van der Waals surface area contributed by atoms with E-state index in [9.17, 15) is 5.11 Å². The van der Waals surface area contributed by atoms with Crippen molar-refractivity contribution in [2.24, 2.45) is 11.8 Å². The van der Waals surface area contributed by atoms with Crippen LogP contribution in [0.2, 0.25) is 0 Å². The molecule has 1 saturated heterocycles. The molecule has 1 aliphatic carbocycles. The number of β-amino-alcohol motifs (C(OH)–C–C–N with tert-alkyl or cyclic N) is 1. The van der Waals surface area contributed by atoms with Gasteiger partial charge in [-0.15, -0.1) is 0 Å². The summed E-state index contributed by atoms with van der Waals surface area (Å²) in [7, 11) is 0. The van der Waals surface area contributed by atoms with Gasteiger partial charge in [-0.25, -0.2) is 0 Å². The first-order valence-electron chi connectivity index (χ1n) is 8.44. The minimum absolute atomic E-state index is 0.176. The third kappa shape index (κ3) is 3.32. The van der Waals surface area contributed by atoms with E-state index >= 15 is 0 Å². The lowest BCUT2D eigenvalue weighted by Gasteiger charge is -2.23. The molecule has 0 aromatic heterocycles. The number of likely N-dealkylation sites (tertiary alicyclic amines) is 1. The number of fused-ring (bicyclic) bond motifs is 1. The zero-order valence-corrected chi connectivity index (χ0v) is 13.7. The second-order valence-electron chi connectivity index (χ2n) is 8.06. The summed E-state index contributed by atoms with van der Waals surface area (Å²) >= 11 is 0. The molecule has 0 radical (unpaired) electrons. The number of hydrogen-bond donors (Lipinski definition) is 1. The minimum atomic E-state index is -0.349. The fourth-order valence-electron chi connectivity index (χ4n) is 4.04. The van der Waals surface area contributed by atoms with Gasteiger partial charge in [0.25, 0.3) is 0 Å². The van der Waals surface area contributed by atoms with Crippen LogP contribution in [0.1, 0.15) is 57.3 Å². The van der Waals surface area contributed by atoms with E-state index in [1.807, 2.05) is 0 Å². The van der Waals surface area contributed by atoms with Crippen LogP contribution in [-0.4, -0.2) is 29.6 Å². The second-order valence-corrected chi connectivity index (χ2v) is 8.06. The maximum atomic E-state index is 10.5. The molecule has 1 aliphatic heterocycles. The molecule has 1 aromatic carbocycles. The van der Waals surface area contributed by atoms with Crippen molar-refractivity contribution >= 4 is 0 Å². The molecule has 0 amide bonds. The molecule has 0 bridgehead atoms. The van der Waals surface area contributed by atoms with Crippen LogP contribution >= 0.6 is 0 Å². The largest absolute Gasteiger partial charge is 0.387 e. The Morgan fingerprint density at radius 3 is 2.19 bits per heavy atom. The van der Waals surface area contributed by atoms with E-state index in [4.69, 9.17) is 0 Å². The molecule has 2 aliphatic rings. The quantitative estimate of drug-likeness (QED) is 0.915. The first-order chi connectivity index (χ1) is 9.93. The molecule has 2 nitrogen and oxygen atoms in total. The van der Waals surface area contributed by atoms with Crippen LogP contribution in [0.15, 0.2) is 24.3 Å². The molecule has 0 spiro atoms. The van der Waals surface area contributed by atoms with Crippen molar-refractivity contribution in [3.8, 4) is 0 Å². The molecule has 1 heterocycles. The molecule has 116 valence electrons. The third-order valence-corrected chi connectivity index (χ3v) is 5.39. The fourth-order valence-corrected chi connectivity index (χ4v) is 4.04. The predicted molar refractivity (Wildman–Crippen MR) is 87.4 cm³/mol. The standard InChI is InChI=1S/C19H29NO/c1-19(2,3)17-9-7-14(8-10-17)18(21)13-20-11-15-5-4-6-16(15)12-20/h7-10,15-16,18,21H,4-6,11-13H2,1-3H3. The Hall–Kier alpha value is -0.860. The van der Waals surface area contributed by atoms with Gasteiger partial charge >= 0.3 is 0 Å². The molecule has 1 saturated carbocycles. The number of rotatable bonds is 3. The third-order valence-electron chi connectivity index (χ3n) is 5.39. The van der Waals surface area contributed by atoms with Crippen LogP contribution < -0.4 is 0 Å². The zero-order chi connectivity index (χ0) is 15.0. The molecular weight excluding hydrogens is 258 g/mol. The summed E-state index contributed by atoms with van der Waals surface area (Å²) in [4.78, 5) is 2.47. The highest BCUT2D eigenvalue weighted by molar-refractivity contribution is 5.28. The van der Waals surface area contributed by atoms with Gasteiger partial charge in [-0.2, -0.15) is 0 Å². The van der Waals surface area contributed by atoms with Crippen LogP contribution in [0.4, 0.5) is 0 Å². The lowest BCUT2D eigenvalue weighted by Crippen LogP contribution is -2.27. The molecule has 21 heavy (non-hydrogen) atoms. The molecule has 1 N–H and O–H groups in total. The minimum Gasteiger partial charge on any atom is -0.387 e. The van der Waals surface area contributed by atoms with Crippen LogP contribution in [0.3, 0.4) is 0 Å². The van der Waals surface area contributed by atoms with Gasteiger partial charge in [0, 0.05) is 19.6 Å². The molecule has 2 fully saturated rings. The van der Waals surface area contributed by atoms with Crippen LogP contribution in [0, 0.1) is 11.8 Å². The van der Waals surface area contributed by atoms with Gasteiger partial charge in [0.2, 0.25) is 0 Å². The average molecular weight is 287 g/mol. The Labute approximate surface area is 129 Å². The zero-order valence-electron chi connectivity index (χ0n) is 13.7. The van der Waals surface area contributed by atoms with Gasteiger partial charge in [0.05, 0.1) is 6.10 Å². The van der Waals surface area contributed by atoms with E-state index in [2.05, 4.69) is 49.9 Å². The van der Waals surface area contributed by atoms with Crippen molar-refractivity contribution in [2.75, 3.05) is 19.6 Å². The van der Waals surface area contributed by atoms with Crippen molar-refractivity contribution < 1.29 is 5.11 Å². The number of aliphatic hydroxyl groups excluding tert-OH is 1. The lowest BCUT2D eigenvalue weighted by molar-refractivity contribution is 0.122. The topological polar surface area (TPSA) is 23.5 Å². The summed E-state index contributed by atoms with van der Waals surface area (Å²) in [6, 6.07) is 8.53. The van der Waals surface area contributed by atoms with Gasteiger partial charge in [-0.05, 0) is 41.2 Å². The van der Waals surface area contributed by atoms with Crippen molar-refractivity contribution in [2.45, 2.75) is 51.6 Å². The monoisotopic (exact) mass is 287 g/mol. The highest BCUT2D eigenvalue weighted by Crippen LogP contribution is 2.38. The Morgan fingerprint density at radius 2 is 1.67 bits per heavy atom. The molecule has 3 atom stereocenters. The number of aliphatic hydroxyl groups is 1. The maximum absolute atomic E-state index is 10.5. The number of nitrogens with zero attached hydrogens (tertiary/aromatic N) is 1. The summed E-state index contributed by atoms with van der Waals surface area (Å²) in [5, 5.41) is 10.5. The highest BCUT2D eigenvalue weighted by Gasteiger charge is 2.36. The van der Waals surface area contributed by atoms with Gasteiger partial charge in [0.1, 0.15) is 0 Å². The molecule has 2 heteroatoms. The van der Waals surface area contributed by atoms with Crippen LogP contribution in [0.25, 0.3) is 0 Å². The van der Waals surface area contributed by atoms with Crippen LogP contribution in [-0.2, 0) is 5.41 Å². The van der Waals surface area contributed by atoms with Crippen molar-refractivity contribution in [3.63, 3.8) is 0 Å². The van der Waals surface area contributed by atoms with Crippen molar-refractivity contribution in [3.05, 3.63) is 35.4 Å². The summed E-state index contributed by atoms with van der Waals surface area (Å²) in [5.41, 5.74) is 2.56. The first kappa shape index (κ1) is 15.1. The molecular formula is C19H29NO. The van der Waals surface area contributed by atoms with Gasteiger partial charge in [-0.3, -0.25) is 4.90 Å². The van der Waals surface area contributed by atoms with E-state index < -0.39 is 0 Å². The molecule has 3 rings (SSSR count). The van der Waals surface area contributed by atoms with Gasteiger partial charge in [-0.1, -0.05) is 51.5 Å². The summed E-state index contributed by atoms with van der Waals surface area (Å²) in [6.45, 7) is 9.86. The lowest BCUT2D eigenvalue weighted by atomic mass is 9.86.